The van der Waals surface area contributed by atoms with Crippen molar-refractivity contribution in [3.05, 3.63) is 0 Å². The van der Waals surface area contributed by atoms with Crippen LogP contribution >= 0.6 is 0 Å². The molecule has 0 aliphatic carbocycles. The molecule has 0 aliphatic heterocycles. The van der Waals surface area contributed by atoms with Crippen LogP contribution in [0.3, 0.4) is 0 Å². The fourth-order valence-electron chi connectivity index (χ4n) is 0.358. The minimum absolute atomic E-state index is 0.484. The summed E-state index contributed by atoms with van der Waals surface area (Å²) < 4.78 is 24.2. The van der Waals surface area contributed by atoms with E-state index in [2.05, 4.69) is 0 Å². The molecule has 0 saturated heterocycles. The summed E-state index contributed by atoms with van der Waals surface area (Å²) in [4.78, 5) is 0. The zero-order chi connectivity index (χ0) is 6.78. The number of alkyl halides is 2. The molecular formula is C6H12F2. The first-order valence-corrected chi connectivity index (χ1v) is 2.86. The van der Waals surface area contributed by atoms with Crippen LogP contribution in [-0.4, -0.2) is 5.92 Å². The van der Waals surface area contributed by atoms with E-state index in [0.717, 1.165) is 6.92 Å². The van der Waals surface area contributed by atoms with E-state index in [4.69, 9.17) is 0 Å². The second-order valence-electron chi connectivity index (χ2n) is 2.27. The van der Waals surface area contributed by atoms with Crippen LogP contribution in [0.5, 0.6) is 0 Å². The van der Waals surface area contributed by atoms with Gasteiger partial charge in [0.25, 0.3) is 0 Å². The maximum Gasteiger partial charge on any atom is 0.247 e. The van der Waals surface area contributed by atoms with E-state index in [0.29, 0.717) is 6.42 Å². The van der Waals surface area contributed by atoms with E-state index in [9.17, 15) is 8.78 Å². The van der Waals surface area contributed by atoms with Gasteiger partial charge >= 0.3 is 0 Å². The summed E-state index contributed by atoms with van der Waals surface area (Å²) >= 11 is 0. The van der Waals surface area contributed by atoms with Gasteiger partial charge in [-0.2, -0.15) is 0 Å². The van der Waals surface area contributed by atoms with Crippen molar-refractivity contribution in [2.75, 3.05) is 0 Å². The average Bonchev–Trinajstić information content (AvgIpc) is 1.62. The Morgan fingerprint density at radius 3 is 1.88 bits per heavy atom. The molecule has 0 fully saturated rings. The molecule has 0 aromatic rings. The highest BCUT2D eigenvalue weighted by Gasteiger charge is 2.27. The van der Waals surface area contributed by atoms with Gasteiger partial charge in [0, 0.05) is 5.92 Å². The molecule has 0 unspecified atom stereocenters. The molecule has 0 spiro atoms. The number of hydrogen-bond acceptors (Lipinski definition) is 0. The van der Waals surface area contributed by atoms with Gasteiger partial charge in [-0.15, -0.1) is 0 Å². The standard InChI is InChI=1S/C6H12F2/c1-4-5(2)6(3,7)8/h5H,4H2,1-3H3/t5-/m0/s1. The molecule has 0 aromatic heterocycles. The molecule has 0 saturated carbocycles. The smallest absolute Gasteiger partial charge is 0.207 e. The lowest BCUT2D eigenvalue weighted by Crippen LogP contribution is -2.20. The molecule has 50 valence electrons. The predicted molar refractivity (Wildman–Crippen MR) is 30.1 cm³/mol. The van der Waals surface area contributed by atoms with Crippen LogP contribution in [0.2, 0.25) is 0 Å². The first-order valence-electron chi connectivity index (χ1n) is 2.86. The third-order valence-electron chi connectivity index (χ3n) is 1.48. The Bertz CT molecular complexity index is 63.4. The Labute approximate surface area is 48.9 Å². The van der Waals surface area contributed by atoms with Gasteiger partial charge in [0.15, 0.2) is 0 Å². The van der Waals surface area contributed by atoms with Crippen molar-refractivity contribution in [1.29, 1.82) is 0 Å². The third-order valence-corrected chi connectivity index (χ3v) is 1.48. The minimum Gasteiger partial charge on any atom is -0.207 e. The van der Waals surface area contributed by atoms with Gasteiger partial charge in [0.2, 0.25) is 5.92 Å². The number of hydrogen-bond donors (Lipinski definition) is 0. The lowest BCUT2D eigenvalue weighted by Gasteiger charge is -2.16. The highest BCUT2D eigenvalue weighted by atomic mass is 19.3. The molecule has 8 heavy (non-hydrogen) atoms. The van der Waals surface area contributed by atoms with Crippen molar-refractivity contribution in [2.45, 2.75) is 33.1 Å². The van der Waals surface area contributed by atoms with Gasteiger partial charge < -0.3 is 0 Å². The fraction of sp³-hybridized carbons (Fsp3) is 1.00. The van der Waals surface area contributed by atoms with Gasteiger partial charge in [-0.3, -0.25) is 0 Å². The minimum atomic E-state index is -2.49. The molecule has 1 atom stereocenters. The van der Waals surface area contributed by atoms with Gasteiger partial charge in [-0.25, -0.2) is 8.78 Å². The summed E-state index contributed by atoms with van der Waals surface area (Å²) in [5.74, 6) is -2.98. The van der Waals surface area contributed by atoms with E-state index in [1.165, 1.54) is 0 Å². The van der Waals surface area contributed by atoms with Gasteiger partial charge in [-0.05, 0) is 13.3 Å². The van der Waals surface area contributed by atoms with Crippen LogP contribution in [0.1, 0.15) is 27.2 Å². The van der Waals surface area contributed by atoms with E-state index in [-0.39, 0.29) is 0 Å². The first-order chi connectivity index (χ1) is 3.48. The maximum absolute atomic E-state index is 12.1. The zero-order valence-corrected chi connectivity index (χ0v) is 5.54. The van der Waals surface area contributed by atoms with Crippen molar-refractivity contribution < 1.29 is 8.78 Å². The lowest BCUT2D eigenvalue weighted by atomic mass is 10.0. The molecule has 0 N–H and O–H groups in total. The van der Waals surface area contributed by atoms with E-state index >= 15 is 0 Å². The Kier molecular flexibility index (Phi) is 2.38. The first kappa shape index (κ1) is 7.86. The average molecular weight is 122 g/mol. The number of rotatable bonds is 2. The summed E-state index contributed by atoms with van der Waals surface area (Å²) in [5.41, 5.74) is 0. The molecule has 2 heteroatoms. The zero-order valence-electron chi connectivity index (χ0n) is 5.54. The Morgan fingerprint density at radius 2 is 1.88 bits per heavy atom. The second kappa shape index (κ2) is 2.42. The largest absolute Gasteiger partial charge is 0.247 e. The third kappa shape index (κ3) is 2.24. The molecule has 0 bridgehead atoms. The highest BCUT2D eigenvalue weighted by molar-refractivity contribution is 4.64. The van der Waals surface area contributed by atoms with E-state index < -0.39 is 11.8 Å². The van der Waals surface area contributed by atoms with E-state index in [1.807, 2.05) is 0 Å². The molecule has 0 nitrogen and oxygen atoms in total. The van der Waals surface area contributed by atoms with Crippen LogP contribution in [0.4, 0.5) is 8.78 Å². The molecule has 0 rings (SSSR count). The van der Waals surface area contributed by atoms with Crippen molar-refractivity contribution in [1.82, 2.24) is 0 Å². The summed E-state index contributed by atoms with van der Waals surface area (Å²) in [6.45, 7) is 4.28. The van der Waals surface area contributed by atoms with Gasteiger partial charge in [0.1, 0.15) is 0 Å². The van der Waals surface area contributed by atoms with Crippen molar-refractivity contribution in [3.63, 3.8) is 0 Å². The quantitative estimate of drug-likeness (QED) is 0.528. The summed E-state index contributed by atoms with van der Waals surface area (Å²) in [6.07, 6.45) is 0.545. The number of halogens is 2. The van der Waals surface area contributed by atoms with Crippen LogP contribution in [0.25, 0.3) is 0 Å². The molecule has 0 aliphatic rings. The van der Waals surface area contributed by atoms with Gasteiger partial charge in [-0.1, -0.05) is 13.8 Å². The van der Waals surface area contributed by atoms with Crippen molar-refractivity contribution >= 4 is 0 Å². The molecule has 0 radical (unpaired) electrons. The highest BCUT2D eigenvalue weighted by Crippen LogP contribution is 2.25. The van der Waals surface area contributed by atoms with Gasteiger partial charge in [0.05, 0.1) is 0 Å². The Morgan fingerprint density at radius 1 is 1.50 bits per heavy atom. The monoisotopic (exact) mass is 122 g/mol. The van der Waals surface area contributed by atoms with Crippen molar-refractivity contribution in [2.24, 2.45) is 5.92 Å². The molecule has 0 aromatic carbocycles. The Balaban J connectivity index is 3.62. The van der Waals surface area contributed by atoms with E-state index in [1.54, 1.807) is 13.8 Å². The topological polar surface area (TPSA) is 0 Å². The lowest BCUT2D eigenvalue weighted by molar-refractivity contribution is -0.0335. The molecular weight excluding hydrogens is 110 g/mol. The maximum atomic E-state index is 12.1. The Hall–Kier alpha value is -0.140. The molecule has 0 amide bonds. The van der Waals surface area contributed by atoms with Crippen LogP contribution < -0.4 is 0 Å². The normalized spacial score (nSPS) is 16.1. The predicted octanol–water partition coefficient (Wildman–Crippen LogP) is 2.69. The summed E-state index contributed by atoms with van der Waals surface area (Å²) in [6, 6.07) is 0. The fourth-order valence-corrected chi connectivity index (χ4v) is 0.358. The van der Waals surface area contributed by atoms with Crippen LogP contribution in [0.15, 0.2) is 0 Å². The van der Waals surface area contributed by atoms with Crippen LogP contribution in [-0.2, 0) is 0 Å². The van der Waals surface area contributed by atoms with Crippen molar-refractivity contribution in [3.8, 4) is 0 Å². The SMILES string of the molecule is CC[C@H](C)C(C)(F)F. The summed E-state index contributed by atoms with van der Waals surface area (Å²) in [7, 11) is 0. The molecule has 0 heterocycles. The summed E-state index contributed by atoms with van der Waals surface area (Å²) in [5, 5.41) is 0. The van der Waals surface area contributed by atoms with Crippen LogP contribution in [0, 0.1) is 5.92 Å². The second-order valence-corrected chi connectivity index (χ2v) is 2.27.